The molecule has 0 unspecified atom stereocenters. The predicted molar refractivity (Wildman–Crippen MR) is 144 cm³/mol. The maximum Gasteiger partial charge on any atom is 0.335 e. The van der Waals surface area contributed by atoms with Crippen LogP contribution in [0, 0.1) is 10.1 Å². The van der Waals surface area contributed by atoms with Crippen molar-refractivity contribution in [2.24, 2.45) is 0 Å². The smallest absolute Gasteiger partial charge is 0.335 e. The zero-order valence-corrected chi connectivity index (χ0v) is 20.3. The van der Waals surface area contributed by atoms with Crippen molar-refractivity contribution in [2.75, 3.05) is 4.90 Å². The van der Waals surface area contributed by atoms with Gasteiger partial charge in [-0.05, 0) is 54.2 Å². The summed E-state index contributed by atoms with van der Waals surface area (Å²) in [5.41, 5.74) is 2.30. The summed E-state index contributed by atoms with van der Waals surface area (Å²) in [6, 6.07) is 19.3. The van der Waals surface area contributed by atoms with E-state index >= 15 is 0 Å². The number of nitro groups is 1. The molecule has 0 radical (unpaired) electrons. The SMILES string of the molecule is O=C1NC(=S)N(c2ccc(C(=O)O)cc2)C(=O)/C1=C/c1cn(Cc2cccc([N+](=O)[O-])c2)c2ccccc12. The molecule has 1 saturated heterocycles. The van der Waals surface area contributed by atoms with E-state index in [0.717, 1.165) is 15.8 Å². The molecule has 11 heteroatoms. The molecule has 188 valence electrons. The van der Waals surface area contributed by atoms with E-state index in [1.807, 2.05) is 28.8 Å². The van der Waals surface area contributed by atoms with Crippen LogP contribution in [0.3, 0.4) is 0 Å². The minimum Gasteiger partial charge on any atom is -0.478 e. The number of thiocarbonyl (C=S) groups is 1. The average molecular weight is 527 g/mol. The van der Waals surface area contributed by atoms with E-state index in [0.29, 0.717) is 23.4 Å². The molecule has 1 aromatic heterocycles. The number of aromatic carboxylic acids is 1. The van der Waals surface area contributed by atoms with Gasteiger partial charge >= 0.3 is 5.97 Å². The zero-order chi connectivity index (χ0) is 27.0. The van der Waals surface area contributed by atoms with Gasteiger partial charge in [-0.2, -0.15) is 0 Å². The zero-order valence-electron chi connectivity index (χ0n) is 19.5. The largest absolute Gasteiger partial charge is 0.478 e. The summed E-state index contributed by atoms with van der Waals surface area (Å²) >= 11 is 5.23. The Balaban J connectivity index is 1.53. The van der Waals surface area contributed by atoms with Crippen LogP contribution in [0.4, 0.5) is 11.4 Å². The highest BCUT2D eigenvalue weighted by molar-refractivity contribution is 7.80. The summed E-state index contributed by atoms with van der Waals surface area (Å²) in [6.07, 6.45) is 3.25. The number of fused-ring (bicyclic) bond motifs is 1. The number of hydrogen-bond donors (Lipinski definition) is 2. The number of nitrogens with one attached hydrogen (secondary N) is 1. The third-order valence-corrected chi connectivity index (χ3v) is 6.35. The number of carboxylic acid groups (broad SMARTS) is 1. The van der Waals surface area contributed by atoms with Crippen LogP contribution in [0.25, 0.3) is 17.0 Å². The second-order valence-corrected chi connectivity index (χ2v) is 8.85. The molecule has 4 aromatic rings. The summed E-state index contributed by atoms with van der Waals surface area (Å²) in [5.74, 6) is -2.43. The normalized spacial score (nSPS) is 14.7. The van der Waals surface area contributed by atoms with Crippen molar-refractivity contribution in [3.63, 3.8) is 0 Å². The molecule has 0 atom stereocenters. The maximum absolute atomic E-state index is 13.4. The van der Waals surface area contributed by atoms with Crippen LogP contribution in [0.1, 0.15) is 21.5 Å². The number of carbonyl (C=O) groups is 3. The Kier molecular flexibility index (Phi) is 6.27. The Bertz CT molecular complexity index is 1690. The lowest BCUT2D eigenvalue weighted by Gasteiger charge is -2.28. The monoisotopic (exact) mass is 526 g/mol. The average Bonchev–Trinajstić information content (AvgIpc) is 3.24. The Morgan fingerprint density at radius 3 is 2.50 bits per heavy atom. The first-order valence-electron chi connectivity index (χ1n) is 11.3. The number of para-hydroxylation sites is 1. The lowest BCUT2D eigenvalue weighted by Crippen LogP contribution is -2.54. The topological polar surface area (TPSA) is 135 Å². The van der Waals surface area contributed by atoms with Gasteiger partial charge in [0.25, 0.3) is 17.5 Å². The Morgan fingerprint density at radius 1 is 1.05 bits per heavy atom. The highest BCUT2D eigenvalue weighted by atomic mass is 32.1. The molecule has 0 spiro atoms. The first kappa shape index (κ1) is 24.5. The fourth-order valence-corrected chi connectivity index (χ4v) is 4.57. The van der Waals surface area contributed by atoms with E-state index in [-0.39, 0.29) is 21.9 Å². The third-order valence-electron chi connectivity index (χ3n) is 6.07. The fourth-order valence-electron chi connectivity index (χ4n) is 4.29. The summed E-state index contributed by atoms with van der Waals surface area (Å²) in [5, 5.41) is 23.5. The van der Waals surface area contributed by atoms with E-state index in [4.69, 9.17) is 17.3 Å². The number of benzene rings is 3. The number of rotatable bonds is 6. The number of anilines is 1. The molecule has 5 rings (SSSR count). The van der Waals surface area contributed by atoms with Crippen LogP contribution in [0.5, 0.6) is 0 Å². The van der Waals surface area contributed by atoms with Crippen molar-refractivity contribution >= 4 is 63.5 Å². The molecule has 0 saturated carbocycles. The second-order valence-electron chi connectivity index (χ2n) is 8.47. The molecule has 2 N–H and O–H groups in total. The number of amides is 2. The molecule has 0 bridgehead atoms. The van der Waals surface area contributed by atoms with Gasteiger partial charge in [-0.3, -0.25) is 29.9 Å². The van der Waals surface area contributed by atoms with Gasteiger partial charge in [0.1, 0.15) is 5.57 Å². The number of nitrogens with zero attached hydrogens (tertiary/aromatic N) is 3. The van der Waals surface area contributed by atoms with Gasteiger partial charge in [-0.15, -0.1) is 0 Å². The highest BCUT2D eigenvalue weighted by Crippen LogP contribution is 2.28. The number of nitro benzene ring substituents is 1. The number of aromatic nitrogens is 1. The van der Waals surface area contributed by atoms with Crippen LogP contribution in [-0.4, -0.2) is 37.5 Å². The molecule has 10 nitrogen and oxygen atoms in total. The first-order valence-corrected chi connectivity index (χ1v) is 11.7. The number of hydrogen-bond acceptors (Lipinski definition) is 6. The van der Waals surface area contributed by atoms with Crippen molar-refractivity contribution in [1.29, 1.82) is 0 Å². The number of carbonyl (C=O) groups excluding carboxylic acids is 2. The third kappa shape index (κ3) is 4.53. The Labute approximate surface area is 220 Å². The van der Waals surface area contributed by atoms with Crippen molar-refractivity contribution in [3.8, 4) is 0 Å². The van der Waals surface area contributed by atoms with Crippen molar-refractivity contribution in [1.82, 2.24) is 9.88 Å². The number of non-ortho nitro benzene ring substituents is 1. The molecule has 38 heavy (non-hydrogen) atoms. The maximum atomic E-state index is 13.4. The molecule has 0 aliphatic carbocycles. The van der Waals surface area contributed by atoms with Gasteiger partial charge in [0.15, 0.2) is 5.11 Å². The van der Waals surface area contributed by atoms with Gasteiger partial charge in [0, 0.05) is 41.3 Å². The predicted octanol–water partition coefficient (Wildman–Crippen LogP) is 4.13. The van der Waals surface area contributed by atoms with Gasteiger partial charge in [0.2, 0.25) is 0 Å². The van der Waals surface area contributed by atoms with Gasteiger partial charge in [-0.25, -0.2) is 4.79 Å². The van der Waals surface area contributed by atoms with E-state index in [9.17, 15) is 24.5 Å². The van der Waals surface area contributed by atoms with E-state index in [1.165, 1.54) is 42.5 Å². The molecular weight excluding hydrogens is 508 g/mol. The van der Waals surface area contributed by atoms with Crippen LogP contribution < -0.4 is 10.2 Å². The quantitative estimate of drug-likeness (QED) is 0.127. The van der Waals surface area contributed by atoms with Crippen molar-refractivity contribution < 1.29 is 24.4 Å². The molecular formula is C27H18N4O6S. The molecule has 1 aliphatic heterocycles. The summed E-state index contributed by atoms with van der Waals surface area (Å²) in [7, 11) is 0. The molecule has 1 aliphatic rings. The second kappa shape index (κ2) is 9.71. The lowest BCUT2D eigenvalue weighted by atomic mass is 10.1. The summed E-state index contributed by atoms with van der Waals surface area (Å²) in [4.78, 5) is 49.3. The fraction of sp³-hybridized carbons (Fsp3) is 0.0370. The van der Waals surface area contributed by atoms with Gasteiger partial charge in [-0.1, -0.05) is 30.3 Å². The highest BCUT2D eigenvalue weighted by Gasteiger charge is 2.34. The molecule has 3 aromatic carbocycles. The van der Waals surface area contributed by atoms with E-state index < -0.39 is 22.7 Å². The van der Waals surface area contributed by atoms with Gasteiger partial charge < -0.3 is 9.67 Å². The van der Waals surface area contributed by atoms with Crippen LogP contribution >= 0.6 is 12.2 Å². The van der Waals surface area contributed by atoms with Crippen molar-refractivity contribution in [3.05, 3.63) is 111 Å². The first-order chi connectivity index (χ1) is 18.2. The van der Waals surface area contributed by atoms with Crippen LogP contribution in [0.15, 0.2) is 84.6 Å². The standard InChI is InChI=1S/C27H18N4O6S/c32-24-22(25(33)30(27(38)28-24)19-10-8-17(9-11-19)26(34)35)13-18-15-29(23-7-2-1-6-21(18)23)14-16-4-3-5-20(12-16)31(36)37/h1-13,15H,14H2,(H,34,35)(H,28,32,38)/b22-13+. The van der Waals surface area contributed by atoms with E-state index in [2.05, 4.69) is 5.32 Å². The summed E-state index contributed by atoms with van der Waals surface area (Å²) < 4.78 is 1.89. The van der Waals surface area contributed by atoms with E-state index in [1.54, 1.807) is 18.3 Å². The Hall–Kier alpha value is -5.16. The minimum atomic E-state index is -1.11. The van der Waals surface area contributed by atoms with Gasteiger partial charge in [0.05, 0.1) is 16.2 Å². The van der Waals surface area contributed by atoms with Crippen molar-refractivity contribution in [2.45, 2.75) is 6.54 Å². The summed E-state index contributed by atoms with van der Waals surface area (Å²) in [6.45, 7) is 0.331. The minimum absolute atomic E-state index is 0.0155. The van der Waals surface area contributed by atoms with Crippen LogP contribution in [-0.2, 0) is 16.1 Å². The Morgan fingerprint density at radius 2 is 1.79 bits per heavy atom. The lowest BCUT2D eigenvalue weighted by molar-refractivity contribution is -0.384. The molecule has 2 amide bonds. The molecule has 1 fully saturated rings. The number of carboxylic acids is 1. The van der Waals surface area contributed by atoms with Crippen LogP contribution in [0.2, 0.25) is 0 Å². The molecule has 2 heterocycles.